The van der Waals surface area contributed by atoms with Crippen LogP contribution in [0.15, 0.2) is 0 Å². The highest BCUT2D eigenvalue weighted by Crippen LogP contribution is 2.77. The summed E-state index contributed by atoms with van der Waals surface area (Å²) in [6, 6.07) is 0. The van der Waals surface area contributed by atoms with Gasteiger partial charge < -0.3 is 0 Å². The molecular formula is C12H18O. The summed E-state index contributed by atoms with van der Waals surface area (Å²) in [6.07, 6.45) is 7.65. The van der Waals surface area contributed by atoms with Crippen molar-refractivity contribution < 1.29 is 4.79 Å². The molecule has 3 aliphatic carbocycles. The largest absolute Gasteiger partial charge is 0.299 e. The number of hydrogen-bond donors (Lipinski definition) is 0. The minimum absolute atomic E-state index is 0.540. The summed E-state index contributed by atoms with van der Waals surface area (Å²) in [5.41, 5.74) is 0.552. The first-order valence-corrected chi connectivity index (χ1v) is 5.82. The van der Waals surface area contributed by atoms with Crippen LogP contribution in [0.4, 0.5) is 0 Å². The van der Waals surface area contributed by atoms with Gasteiger partial charge in [0.15, 0.2) is 0 Å². The molecule has 0 aromatic rings. The zero-order chi connectivity index (χ0) is 9.05. The second kappa shape index (κ2) is 2.37. The second-order valence-corrected chi connectivity index (χ2v) is 5.31. The predicted octanol–water partition coefficient (Wildman–Crippen LogP) is 2.79. The maximum Gasteiger partial charge on any atom is 0.137 e. The molecule has 0 heterocycles. The summed E-state index contributed by atoms with van der Waals surface area (Å²) in [5.74, 6) is 2.82. The molecule has 13 heavy (non-hydrogen) atoms. The SMILES string of the molecule is CCCCC12CCC3CC(=O)C1C32. The van der Waals surface area contributed by atoms with Gasteiger partial charge in [0, 0.05) is 12.3 Å². The molecule has 4 unspecified atom stereocenters. The van der Waals surface area contributed by atoms with Crippen molar-refractivity contribution in [2.75, 3.05) is 0 Å². The predicted molar refractivity (Wildman–Crippen MR) is 51.3 cm³/mol. The highest BCUT2D eigenvalue weighted by atomic mass is 16.1. The van der Waals surface area contributed by atoms with Gasteiger partial charge in [-0.1, -0.05) is 19.8 Å². The highest BCUT2D eigenvalue weighted by Gasteiger charge is 2.75. The molecule has 3 rings (SSSR count). The molecule has 0 saturated heterocycles. The topological polar surface area (TPSA) is 17.1 Å². The third kappa shape index (κ3) is 0.812. The van der Waals surface area contributed by atoms with Crippen LogP contribution in [0.5, 0.6) is 0 Å². The number of hydrogen-bond acceptors (Lipinski definition) is 1. The van der Waals surface area contributed by atoms with Gasteiger partial charge in [-0.15, -0.1) is 0 Å². The van der Waals surface area contributed by atoms with Gasteiger partial charge in [-0.05, 0) is 36.5 Å². The summed E-state index contributed by atoms with van der Waals surface area (Å²) in [6.45, 7) is 2.25. The smallest absolute Gasteiger partial charge is 0.137 e. The maximum absolute atomic E-state index is 11.6. The third-order valence-electron chi connectivity index (χ3n) is 4.83. The molecule has 0 aliphatic heterocycles. The van der Waals surface area contributed by atoms with Crippen molar-refractivity contribution in [1.82, 2.24) is 0 Å². The minimum atomic E-state index is 0.540. The summed E-state index contributed by atoms with van der Waals surface area (Å²) in [4.78, 5) is 11.6. The van der Waals surface area contributed by atoms with Gasteiger partial charge in [0.1, 0.15) is 5.78 Å². The average Bonchev–Trinajstić information content (AvgIpc) is 2.53. The van der Waals surface area contributed by atoms with E-state index >= 15 is 0 Å². The van der Waals surface area contributed by atoms with E-state index < -0.39 is 0 Å². The van der Waals surface area contributed by atoms with Crippen LogP contribution in [0.1, 0.15) is 45.4 Å². The van der Waals surface area contributed by atoms with Crippen LogP contribution in [-0.4, -0.2) is 5.78 Å². The maximum atomic E-state index is 11.6. The number of Topliss-reactive ketones (excluding diaryl/α,β-unsaturated/α-hetero) is 1. The van der Waals surface area contributed by atoms with Gasteiger partial charge in [-0.2, -0.15) is 0 Å². The lowest BCUT2D eigenvalue weighted by molar-refractivity contribution is -0.120. The van der Waals surface area contributed by atoms with E-state index in [0.717, 1.165) is 18.3 Å². The van der Waals surface area contributed by atoms with Crippen molar-refractivity contribution in [2.24, 2.45) is 23.2 Å². The van der Waals surface area contributed by atoms with Crippen LogP contribution >= 0.6 is 0 Å². The van der Waals surface area contributed by atoms with Crippen LogP contribution in [0.25, 0.3) is 0 Å². The van der Waals surface area contributed by atoms with Crippen molar-refractivity contribution in [3.05, 3.63) is 0 Å². The number of fused-ring (bicyclic) bond motifs is 1. The van der Waals surface area contributed by atoms with Gasteiger partial charge in [0.25, 0.3) is 0 Å². The first-order chi connectivity index (χ1) is 6.29. The van der Waals surface area contributed by atoms with Gasteiger partial charge >= 0.3 is 0 Å². The Hall–Kier alpha value is -0.330. The lowest BCUT2D eigenvalue weighted by atomic mass is 9.91. The molecule has 3 saturated carbocycles. The summed E-state index contributed by atoms with van der Waals surface area (Å²) in [7, 11) is 0. The van der Waals surface area contributed by atoms with E-state index in [-0.39, 0.29) is 0 Å². The van der Waals surface area contributed by atoms with Gasteiger partial charge in [-0.25, -0.2) is 0 Å². The minimum Gasteiger partial charge on any atom is -0.299 e. The average molecular weight is 178 g/mol. The van der Waals surface area contributed by atoms with Crippen molar-refractivity contribution >= 4 is 5.78 Å². The molecule has 3 fully saturated rings. The molecule has 0 aromatic carbocycles. The van der Waals surface area contributed by atoms with E-state index in [9.17, 15) is 4.79 Å². The molecule has 1 nitrogen and oxygen atoms in total. The number of rotatable bonds is 3. The van der Waals surface area contributed by atoms with E-state index in [1.54, 1.807) is 0 Å². The summed E-state index contributed by atoms with van der Waals surface area (Å²) < 4.78 is 0. The molecule has 0 aromatic heterocycles. The summed E-state index contributed by atoms with van der Waals surface area (Å²) >= 11 is 0. The van der Waals surface area contributed by atoms with Gasteiger partial charge in [0.05, 0.1) is 0 Å². The van der Waals surface area contributed by atoms with E-state index in [1.807, 2.05) is 0 Å². The molecule has 0 amide bonds. The van der Waals surface area contributed by atoms with Gasteiger partial charge in [-0.3, -0.25) is 4.79 Å². The van der Waals surface area contributed by atoms with Crippen molar-refractivity contribution in [3.8, 4) is 0 Å². The van der Waals surface area contributed by atoms with Crippen molar-refractivity contribution in [1.29, 1.82) is 0 Å². The standard InChI is InChI=1S/C12H18O/c1-2-3-5-12-6-4-8-7-9(13)11(12)10(8)12/h8,10-11H,2-7H2,1H3. The van der Waals surface area contributed by atoms with Crippen LogP contribution < -0.4 is 0 Å². The fraction of sp³-hybridized carbons (Fsp3) is 0.917. The van der Waals surface area contributed by atoms with Crippen LogP contribution in [-0.2, 0) is 4.79 Å². The van der Waals surface area contributed by atoms with E-state index in [1.165, 1.54) is 32.1 Å². The van der Waals surface area contributed by atoms with Crippen LogP contribution in [0, 0.1) is 23.2 Å². The molecule has 0 N–H and O–H groups in total. The second-order valence-electron chi connectivity index (χ2n) is 5.31. The summed E-state index contributed by atoms with van der Waals surface area (Å²) in [5, 5.41) is 0. The Bertz CT molecular complexity index is 258. The Kier molecular flexibility index (Phi) is 1.46. The molecule has 72 valence electrons. The number of ketones is 1. The first-order valence-electron chi connectivity index (χ1n) is 5.82. The van der Waals surface area contributed by atoms with Crippen molar-refractivity contribution in [3.63, 3.8) is 0 Å². The number of carbonyl (C=O) groups is 1. The van der Waals surface area contributed by atoms with E-state index in [0.29, 0.717) is 17.1 Å². The normalized spacial score (nSPS) is 51.2. The fourth-order valence-electron chi connectivity index (χ4n) is 4.31. The molecule has 1 heteroatoms. The zero-order valence-corrected chi connectivity index (χ0v) is 8.38. The van der Waals surface area contributed by atoms with E-state index in [2.05, 4.69) is 6.92 Å². The lowest BCUT2D eigenvalue weighted by Crippen LogP contribution is -2.09. The molecule has 0 radical (unpaired) electrons. The van der Waals surface area contributed by atoms with Crippen LogP contribution in [0.2, 0.25) is 0 Å². The molecule has 4 atom stereocenters. The Morgan fingerprint density at radius 2 is 2.38 bits per heavy atom. The Balaban J connectivity index is 1.78. The Morgan fingerprint density at radius 1 is 1.54 bits per heavy atom. The first kappa shape index (κ1) is 8.02. The number of unbranched alkanes of at least 4 members (excludes halogenated alkanes) is 1. The molecule has 0 spiro atoms. The monoisotopic (exact) mass is 178 g/mol. The van der Waals surface area contributed by atoms with Crippen LogP contribution in [0.3, 0.4) is 0 Å². The zero-order valence-electron chi connectivity index (χ0n) is 8.38. The third-order valence-corrected chi connectivity index (χ3v) is 4.83. The molecule has 0 bridgehead atoms. The number of carbonyl (C=O) groups excluding carboxylic acids is 1. The molecule has 3 aliphatic rings. The highest BCUT2D eigenvalue weighted by molar-refractivity contribution is 5.89. The fourth-order valence-corrected chi connectivity index (χ4v) is 4.31. The van der Waals surface area contributed by atoms with Gasteiger partial charge in [0.2, 0.25) is 0 Å². The lowest BCUT2D eigenvalue weighted by Gasteiger charge is -2.13. The Labute approximate surface area is 79.9 Å². The van der Waals surface area contributed by atoms with E-state index in [4.69, 9.17) is 0 Å². The molecular weight excluding hydrogens is 160 g/mol. The van der Waals surface area contributed by atoms with Crippen molar-refractivity contribution in [2.45, 2.75) is 45.4 Å². The quantitative estimate of drug-likeness (QED) is 0.649. The Morgan fingerprint density at radius 3 is 3.08 bits per heavy atom.